The maximum Gasteiger partial charge on any atom is 0.0325 e. The van der Waals surface area contributed by atoms with Crippen LogP contribution in [0.4, 0.5) is 0 Å². The molecule has 1 aliphatic carbocycles. The van der Waals surface area contributed by atoms with Crippen molar-refractivity contribution in [1.29, 1.82) is 0 Å². The highest BCUT2D eigenvalue weighted by Crippen LogP contribution is 2.40. The molecular formula is C15H23N. The molecule has 0 fully saturated rings. The minimum Gasteiger partial charge on any atom is -0.310 e. The van der Waals surface area contributed by atoms with Crippen LogP contribution in [0.5, 0.6) is 0 Å². The van der Waals surface area contributed by atoms with Gasteiger partial charge in [0.15, 0.2) is 0 Å². The van der Waals surface area contributed by atoms with Crippen LogP contribution in [0.3, 0.4) is 0 Å². The third-order valence-electron chi connectivity index (χ3n) is 3.90. The normalized spacial score (nSPS) is 24.2. The zero-order valence-corrected chi connectivity index (χ0v) is 10.9. The predicted octanol–water partition coefficient (Wildman–Crippen LogP) is 3.85. The van der Waals surface area contributed by atoms with Gasteiger partial charge in [-0.3, -0.25) is 0 Å². The molecule has 0 heterocycles. The molecule has 2 rings (SSSR count). The zero-order chi connectivity index (χ0) is 11.7. The van der Waals surface area contributed by atoms with E-state index in [2.05, 4.69) is 45.1 Å². The summed E-state index contributed by atoms with van der Waals surface area (Å²) in [6.45, 7) is 10.1. The highest BCUT2D eigenvalue weighted by Gasteiger charge is 2.26. The molecule has 1 aliphatic rings. The fraction of sp³-hybridized carbons (Fsp3) is 0.600. The Morgan fingerprint density at radius 3 is 2.38 bits per heavy atom. The number of aryl methyl sites for hydroxylation is 2. The first-order valence-corrected chi connectivity index (χ1v) is 6.48. The molecule has 0 aliphatic heterocycles. The van der Waals surface area contributed by atoms with Crippen molar-refractivity contribution in [3.8, 4) is 0 Å². The first-order chi connectivity index (χ1) is 7.65. The third kappa shape index (κ3) is 1.89. The molecule has 1 aromatic carbocycles. The largest absolute Gasteiger partial charge is 0.310 e. The van der Waals surface area contributed by atoms with Crippen LogP contribution in [0.25, 0.3) is 0 Å². The van der Waals surface area contributed by atoms with E-state index in [9.17, 15) is 0 Å². The van der Waals surface area contributed by atoms with E-state index in [0.29, 0.717) is 6.04 Å². The van der Waals surface area contributed by atoms with Crippen molar-refractivity contribution >= 4 is 0 Å². The molecule has 88 valence electrons. The van der Waals surface area contributed by atoms with Gasteiger partial charge < -0.3 is 5.32 Å². The smallest absolute Gasteiger partial charge is 0.0325 e. The van der Waals surface area contributed by atoms with Crippen LogP contribution < -0.4 is 5.32 Å². The number of hydrogen-bond acceptors (Lipinski definition) is 1. The van der Waals surface area contributed by atoms with Gasteiger partial charge in [0, 0.05) is 6.04 Å². The maximum atomic E-state index is 3.63. The first kappa shape index (κ1) is 11.7. The quantitative estimate of drug-likeness (QED) is 0.793. The Hall–Kier alpha value is -0.820. The van der Waals surface area contributed by atoms with E-state index in [1.165, 1.54) is 24.0 Å². The van der Waals surface area contributed by atoms with Gasteiger partial charge in [0.2, 0.25) is 0 Å². The SMILES string of the molecule is CCNC1CCC(C)c2c(C)ccc(C)c21. The number of rotatable bonds is 2. The second kappa shape index (κ2) is 4.58. The summed E-state index contributed by atoms with van der Waals surface area (Å²) in [5, 5.41) is 3.63. The van der Waals surface area contributed by atoms with Gasteiger partial charge in [0.05, 0.1) is 0 Å². The van der Waals surface area contributed by atoms with Crippen LogP contribution >= 0.6 is 0 Å². The molecule has 0 aromatic heterocycles. The predicted molar refractivity (Wildman–Crippen MR) is 70.0 cm³/mol. The topological polar surface area (TPSA) is 12.0 Å². The molecular weight excluding hydrogens is 194 g/mol. The van der Waals surface area contributed by atoms with Crippen molar-refractivity contribution < 1.29 is 0 Å². The maximum absolute atomic E-state index is 3.63. The third-order valence-corrected chi connectivity index (χ3v) is 3.90. The Kier molecular flexibility index (Phi) is 3.34. The molecule has 0 amide bonds. The second-order valence-electron chi connectivity index (χ2n) is 5.12. The lowest BCUT2D eigenvalue weighted by molar-refractivity contribution is 0.438. The van der Waals surface area contributed by atoms with Crippen LogP contribution in [-0.2, 0) is 0 Å². The molecule has 1 N–H and O–H groups in total. The minimum absolute atomic E-state index is 0.580. The van der Waals surface area contributed by atoms with Crippen LogP contribution in [0, 0.1) is 13.8 Å². The van der Waals surface area contributed by atoms with Crippen molar-refractivity contribution in [1.82, 2.24) is 5.32 Å². The monoisotopic (exact) mass is 217 g/mol. The molecule has 2 unspecified atom stereocenters. The fourth-order valence-electron chi connectivity index (χ4n) is 3.13. The Bertz CT molecular complexity index is 381. The van der Waals surface area contributed by atoms with Gasteiger partial charge >= 0.3 is 0 Å². The number of nitrogens with one attached hydrogen (secondary N) is 1. The van der Waals surface area contributed by atoms with E-state index in [-0.39, 0.29) is 0 Å². The average molecular weight is 217 g/mol. The van der Waals surface area contributed by atoms with Gasteiger partial charge in [0.1, 0.15) is 0 Å². The highest BCUT2D eigenvalue weighted by atomic mass is 14.9. The molecule has 0 radical (unpaired) electrons. The summed E-state index contributed by atoms with van der Waals surface area (Å²) >= 11 is 0. The molecule has 1 aromatic rings. The summed E-state index contributed by atoms with van der Waals surface area (Å²) in [6, 6.07) is 5.13. The van der Waals surface area contributed by atoms with Gasteiger partial charge in [0.25, 0.3) is 0 Å². The van der Waals surface area contributed by atoms with Gasteiger partial charge in [-0.1, -0.05) is 26.0 Å². The average Bonchev–Trinajstić information content (AvgIpc) is 2.26. The van der Waals surface area contributed by atoms with Crippen LogP contribution in [0.1, 0.15) is 60.9 Å². The fourth-order valence-corrected chi connectivity index (χ4v) is 3.13. The summed E-state index contributed by atoms with van der Waals surface area (Å²) in [7, 11) is 0. The summed E-state index contributed by atoms with van der Waals surface area (Å²) in [6.07, 6.45) is 2.60. The van der Waals surface area contributed by atoms with Gasteiger partial charge in [-0.25, -0.2) is 0 Å². The lowest BCUT2D eigenvalue weighted by atomic mass is 9.77. The lowest BCUT2D eigenvalue weighted by Crippen LogP contribution is -2.27. The Labute approximate surface area is 99.3 Å². The van der Waals surface area contributed by atoms with Crippen molar-refractivity contribution in [2.24, 2.45) is 0 Å². The van der Waals surface area contributed by atoms with E-state index in [4.69, 9.17) is 0 Å². The highest BCUT2D eigenvalue weighted by molar-refractivity contribution is 5.45. The number of fused-ring (bicyclic) bond motifs is 1. The Morgan fingerprint density at radius 1 is 1.12 bits per heavy atom. The molecule has 1 heteroatoms. The van der Waals surface area contributed by atoms with Crippen molar-refractivity contribution in [3.63, 3.8) is 0 Å². The first-order valence-electron chi connectivity index (χ1n) is 6.48. The lowest BCUT2D eigenvalue weighted by Gasteiger charge is -2.33. The number of benzene rings is 1. The second-order valence-corrected chi connectivity index (χ2v) is 5.12. The van der Waals surface area contributed by atoms with E-state index < -0.39 is 0 Å². The van der Waals surface area contributed by atoms with Gasteiger partial charge in [-0.05, 0) is 61.4 Å². The van der Waals surface area contributed by atoms with Crippen LogP contribution in [-0.4, -0.2) is 6.54 Å². The Balaban J connectivity index is 2.51. The van der Waals surface area contributed by atoms with E-state index in [1.807, 2.05) is 0 Å². The molecule has 16 heavy (non-hydrogen) atoms. The standard InChI is InChI=1S/C15H23N/c1-5-16-13-9-8-11(3)14-10(2)6-7-12(4)15(13)14/h6-7,11,13,16H,5,8-9H2,1-4H3. The Morgan fingerprint density at radius 2 is 1.75 bits per heavy atom. The zero-order valence-electron chi connectivity index (χ0n) is 10.9. The van der Waals surface area contributed by atoms with Crippen LogP contribution in [0.2, 0.25) is 0 Å². The summed E-state index contributed by atoms with van der Waals surface area (Å²) in [5.41, 5.74) is 6.12. The van der Waals surface area contributed by atoms with E-state index >= 15 is 0 Å². The molecule has 2 atom stereocenters. The van der Waals surface area contributed by atoms with Gasteiger partial charge in [-0.2, -0.15) is 0 Å². The summed E-state index contributed by atoms with van der Waals surface area (Å²) in [4.78, 5) is 0. The molecule has 0 saturated carbocycles. The van der Waals surface area contributed by atoms with E-state index in [1.54, 1.807) is 11.1 Å². The van der Waals surface area contributed by atoms with Crippen LogP contribution in [0.15, 0.2) is 12.1 Å². The van der Waals surface area contributed by atoms with Crippen molar-refractivity contribution in [2.45, 2.75) is 52.5 Å². The summed E-state index contributed by atoms with van der Waals surface area (Å²) < 4.78 is 0. The van der Waals surface area contributed by atoms with E-state index in [0.717, 1.165) is 12.5 Å². The molecule has 0 spiro atoms. The molecule has 0 bridgehead atoms. The molecule has 1 nitrogen and oxygen atoms in total. The minimum atomic E-state index is 0.580. The summed E-state index contributed by atoms with van der Waals surface area (Å²) in [5.74, 6) is 0.727. The van der Waals surface area contributed by atoms with Gasteiger partial charge in [-0.15, -0.1) is 0 Å². The number of hydrogen-bond donors (Lipinski definition) is 1. The van der Waals surface area contributed by atoms with Crippen molar-refractivity contribution in [3.05, 3.63) is 34.4 Å². The molecule has 0 saturated heterocycles. The van der Waals surface area contributed by atoms with Crippen molar-refractivity contribution in [2.75, 3.05) is 6.54 Å².